The predicted octanol–water partition coefficient (Wildman–Crippen LogP) is 6.89. The average Bonchev–Trinajstić information content (AvgIpc) is 2.77. The topological polar surface area (TPSA) is 52.1 Å². The second-order valence-corrected chi connectivity index (χ2v) is 7.45. The molecule has 0 fully saturated rings. The van der Waals surface area contributed by atoms with Crippen LogP contribution in [-0.2, 0) is 0 Å². The summed E-state index contributed by atoms with van der Waals surface area (Å²) < 4.78 is 12.6. The van der Waals surface area contributed by atoms with Crippen molar-refractivity contribution in [3.8, 4) is 0 Å². The van der Waals surface area contributed by atoms with Crippen molar-refractivity contribution < 1.29 is 8.83 Å². The molecule has 0 atom stereocenters. The third kappa shape index (κ3) is 1.79. The molecule has 0 aliphatic rings. The van der Waals surface area contributed by atoms with E-state index in [0.29, 0.717) is 5.71 Å². The molecular weight excluding hydrogens is 360 g/mol. The van der Waals surface area contributed by atoms with Crippen LogP contribution in [0.3, 0.4) is 0 Å². The second-order valence-electron chi connectivity index (χ2n) is 7.45. The molecule has 0 unspecified atom stereocenters. The molecule has 0 saturated heterocycles. The zero-order valence-corrected chi connectivity index (χ0v) is 15.6. The van der Waals surface area contributed by atoms with Crippen molar-refractivity contribution in [1.29, 1.82) is 0 Å². The number of rotatable bonds is 0. The van der Waals surface area contributed by atoms with Gasteiger partial charge in [-0.05, 0) is 36.6 Å². The Morgan fingerprint density at radius 3 is 2.38 bits per heavy atom. The van der Waals surface area contributed by atoms with Crippen LogP contribution < -0.4 is 0 Å². The summed E-state index contributed by atoms with van der Waals surface area (Å²) in [6.45, 7) is 2.00. The molecule has 0 aliphatic carbocycles. The first-order chi connectivity index (χ1) is 14.3. The quantitative estimate of drug-likeness (QED) is 0.214. The highest BCUT2D eigenvalue weighted by Crippen LogP contribution is 2.45. The van der Waals surface area contributed by atoms with E-state index in [9.17, 15) is 0 Å². The second kappa shape index (κ2) is 5.11. The van der Waals surface area contributed by atoms with E-state index >= 15 is 0 Å². The summed E-state index contributed by atoms with van der Waals surface area (Å²) >= 11 is 0. The van der Waals surface area contributed by atoms with Gasteiger partial charge in [0.15, 0.2) is 5.58 Å². The molecule has 4 aromatic heterocycles. The lowest BCUT2D eigenvalue weighted by atomic mass is 9.91. The molecule has 0 bridgehead atoms. The number of aromatic nitrogens is 2. The van der Waals surface area contributed by atoms with Crippen LogP contribution in [0.5, 0.6) is 0 Å². The van der Waals surface area contributed by atoms with Crippen LogP contribution >= 0.6 is 0 Å². The Balaban J connectivity index is 2.02. The van der Waals surface area contributed by atoms with Gasteiger partial charge in [0.1, 0.15) is 11.2 Å². The summed E-state index contributed by atoms with van der Waals surface area (Å²) in [5.74, 6) is 0. The molecule has 0 saturated carbocycles. The summed E-state index contributed by atoms with van der Waals surface area (Å²) in [4.78, 5) is 9.15. The van der Waals surface area contributed by atoms with E-state index in [0.717, 1.165) is 60.1 Å². The minimum atomic E-state index is 0.638. The molecule has 0 amide bonds. The van der Waals surface area contributed by atoms with Crippen LogP contribution in [0.4, 0.5) is 0 Å². The van der Waals surface area contributed by atoms with Crippen LogP contribution in [0.2, 0.25) is 0 Å². The number of benzene rings is 3. The van der Waals surface area contributed by atoms with E-state index in [-0.39, 0.29) is 0 Å². The Morgan fingerprint density at radius 1 is 0.621 bits per heavy atom. The monoisotopic (exact) mass is 374 g/mol. The first kappa shape index (κ1) is 15.1. The zero-order valence-electron chi connectivity index (χ0n) is 15.6. The lowest BCUT2D eigenvalue weighted by molar-refractivity contribution is 0.647. The van der Waals surface area contributed by atoms with Crippen molar-refractivity contribution in [1.82, 2.24) is 9.97 Å². The highest BCUT2D eigenvalue weighted by Gasteiger charge is 2.21. The highest BCUT2D eigenvalue weighted by atomic mass is 16.3. The van der Waals surface area contributed by atoms with Gasteiger partial charge in [-0.15, -0.1) is 0 Å². The zero-order chi connectivity index (χ0) is 19.1. The molecule has 3 aromatic carbocycles. The first-order valence-electron chi connectivity index (χ1n) is 9.60. The smallest absolute Gasteiger partial charge is 0.227 e. The number of fused-ring (bicyclic) bond motifs is 6. The van der Waals surface area contributed by atoms with Gasteiger partial charge in [0, 0.05) is 50.1 Å². The fourth-order valence-electron chi connectivity index (χ4n) is 4.69. The lowest BCUT2D eigenvalue weighted by Crippen LogP contribution is -1.93. The standard InChI is InChI=1S/C25H14N2O2/c1-13-24-23-17(12-27-13)14-7-4-10-19-20(14)22(16-8-5-11-26-25(16)29-19)21(23)15-6-2-3-9-18(15)28-24/h2-12H,1H3. The molecule has 0 N–H and O–H groups in total. The van der Waals surface area contributed by atoms with Gasteiger partial charge in [0.05, 0.1) is 5.69 Å². The Hall–Kier alpha value is -3.92. The maximum atomic E-state index is 6.36. The molecule has 7 aromatic rings. The molecule has 4 heterocycles. The van der Waals surface area contributed by atoms with Crippen molar-refractivity contribution in [3.63, 3.8) is 0 Å². The molecule has 4 nitrogen and oxygen atoms in total. The van der Waals surface area contributed by atoms with Gasteiger partial charge in [-0.2, -0.15) is 0 Å². The molecule has 0 spiro atoms. The Labute approximate surface area is 164 Å². The van der Waals surface area contributed by atoms with Crippen molar-refractivity contribution >= 4 is 65.6 Å². The molecule has 0 aliphatic heterocycles. The van der Waals surface area contributed by atoms with Gasteiger partial charge in [-0.1, -0.05) is 30.3 Å². The predicted molar refractivity (Wildman–Crippen MR) is 116 cm³/mol. The summed E-state index contributed by atoms with van der Waals surface area (Å²) in [5, 5.41) is 8.80. The molecule has 0 radical (unpaired) electrons. The van der Waals surface area contributed by atoms with Gasteiger partial charge < -0.3 is 8.83 Å². The van der Waals surface area contributed by atoms with Crippen LogP contribution in [0, 0.1) is 6.92 Å². The summed E-state index contributed by atoms with van der Waals surface area (Å²) in [6.07, 6.45) is 3.73. The van der Waals surface area contributed by atoms with Gasteiger partial charge in [-0.3, -0.25) is 4.98 Å². The molecule has 136 valence electrons. The number of nitrogens with zero attached hydrogens (tertiary/aromatic N) is 2. The fraction of sp³-hybridized carbons (Fsp3) is 0.0400. The number of para-hydroxylation sites is 1. The van der Waals surface area contributed by atoms with Crippen molar-refractivity contribution in [2.45, 2.75) is 6.92 Å². The van der Waals surface area contributed by atoms with E-state index in [2.05, 4.69) is 34.2 Å². The maximum Gasteiger partial charge on any atom is 0.227 e. The maximum absolute atomic E-state index is 6.36. The molecule has 4 heteroatoms. The molecular formula is C25H14N2O2. The van der Waals surface area contributed by atoms with Gasteiger partial charge in [0.2, 0.25) is 5.71 Å². The van der Waals surface area contributed by atoms with Gasteiger partial charge in [-0.25, -0.2) is 4.98 Å². The summed E-state index contributed by atoms with van der Waals surface area (Å²) in [5.41, 5.74) is 4.03. The number of pyridine rings is 2. The van der Waals surface area contributed by atoms with E-state index in [4.69, 9.17) is 8.83 Å². The number of hydrogen-bond acceptors (Lipinski definition) is 4. The van der Waals surface area contributed by atoms with Crippen LogP contribution in [0.25, 0.3) is 65.6 Å². The third-order valence-corrected chi connectivity index (χ3v) is 5.89. The minimum absolute atomic E-state index is 0.638. The van der Waals surface area contributed by atoms with Crippen molar-refractivity contribution in [2.24, 2.45) is 0 Å². The lowest BCUT2D eigenvalue weighted by Gasteiger charge is -2.17. The SMILES string of the molecule is Cc1ncc2c3cccc4oc5ncccc5c(c43)c3c4ccccc4oc1c23. The van der Waals surface area contributed by atoms with E-state index in [1.807, 2.05) is 43.5 Å². The highest BCUT2D eigenvalue weighted by molar-refractivity contribution is 6.39. The Bertz CT molecular complexity index is 1770. The minimum Gasteiger partial charge on any atom is -0.454 e. The number of aryl methyl sites for hydroxylation is 1. The van der Waals surface area contributed by atoms with Gasteiger partial charge >= 0.3 is 0 Å². The largest absolute Gasteiger partial charge is 0.454 e. The third-order valence-electron chi connectivity index (χ3n) is 5.89. The van der Waals surface area contributed by atoms with Crippen LogP contribution in [-0.4, -0.2) is 9.97 Å². The van der Waals surface area contributed by atoms with E-state index < -0.39 is 0 Å². The Kier molecular flexibility index (Phi) is 2.66. The Morgan fingerprint density at radius 2 is 1.41 bits per heavy atom. The van der Waals surface area contributed by atoms with Crippen LogP contribution in [0.15, 0.2) is 75.8 Å². The summed E-state index contributed by atoms with van der Waals surface area (Å²) in [7, 11) is 0. The van der Waals surface area contributed by atoms with Crippen molar-refractivity contribution in [3.05, 3.63) is 72.7 Å². The van der Waals surface area contributed by atoms with Crippen molar-refractivity contribution in [2.75, 3.05) is 0 Å². The normalized spacial score (nSPS) is 12.3. The fourth-order valence-corrected chi connectivity index (χ4v) is 4.69. The summed E-state index contributed by atoms with van der Waals surface area (Å²) in [6, 6.07) is 18.4. The first-order valence-corrected chi connectivity index (χ1v) is 9.60. The number of hydrogen-bond donors (Lipinski definition) is 0. The van der Waals surface area contributed by atoms with Gasteiger partial charge in [0.25, 0.3) is 0 Å². The van der Waals surface area contributed by atoms with E-state index in [1.165, 1.54) is 5.39 Å². The molecule has 29 heavy (non-hydrogen) atoms. The van der Waals surface area contributed by atoms with E-state index in [1.54, 1.807) is 6.20 Å². The molecule has 7 rings (SSSR count). The van der Waals surface area contributed by atoms with Crippen LogP contribution in [0.1, 0.15) is 5.69 Å². The average molecular weight is 374 g/mol.